The van der Waals surface area contributed by atoms with Gasteiger partial charge in [0.05, 0.1) is 0 Å². The van der Waals surface area contributed by atoms with Crippen molar-refractivity contribution >= 4 is 42.3 Å². The normalized spacial score (nSPS) is 14.6. The number of hydrogen-bond acceptors (Lipinski definition) is 3. The predicted molar refractivity (Wildman–Crippen MR) is 96.0 cm³/mol. The zero-order chi connectivity index (χ0) is 14.4. The second-order valence-corrected chi connectivity index (χ2v) is 5.64. The second kappa shape index (κ2) is 11.1. The van der Waals surface area contributed by atoms with E-state index in [9.17, 15) is 4.79 Å². The Morgan fingerprint density at radius 1 is 1.23 bits per heavy atom. The Morgan fingerprint density at radius 2 is 1.82 bits per heavy atom. The first-order chi connectivity index (χ1) is 9.70. The van der Waals surface area contributed by atoms with Gasteiger partial charge < -0.3 is 16.0 Å². The van der Waals surface area contributed by atoms with E-state index in [0.29, 0.717) is 24.7 Å². The van der Waals surface area contributed by atoms with Gasteiger partial charge in [0.1, 0.15) is 0 Å². The van der Waals surface area contributed by atoms with Gasteiger partial charge in [-0.05, 0) is 43.6 Å². The van der Waals surface area contributed by atoms with Gasteiger partial charge in [-0.25, -0.2) is 0 Å². The largest absolute Gasteiger partial charge is 0.337 e. The molecule has 0 bridgehead atoms. The van der Waals surface area contributed by atoms with Gasteiger partial charge in [0.2, 0.25) is 5.91 Å². The first kappa shape index (κ1) is 21.5. The summed E-state index contributed by atoms with van der Waals surface area (Å²) in [6.07, 6.45) is 1.83. The number of piperidine rings is 1. The molecule has 126 valence electrons. The molecule has 2 rings (SSSR count). The number of rotatable bonds is 5. The van der Waals surface area contributed by atoms with Crippen molar-refractivity contribution in [2.45, 2.75) is 19.4 Å². The quantitative estimate of drug-likeness (QED) is 0.839. The van der Waals surface area contributed by atoms with E-state index in [-0.39, 0.29) is 36.6 Å². The van der Waals surface area contributed by atoms with Gasteiger partial charge in [-0.1, -0.05) is 23.7 Å². The summed E-state index contributed by atoms with van der Waals surface area (Å²) in [5.41, 5.74) is 6.74. The lowest BCUT2D eigenvalue weighted by atomic mass is 9.96. The molecule has 0 unspecified atom stereocenters. The van der Waals surface area contributed by atoms with Crippen molar-refractivity contribution in [1.82, 2.24) is 10.2 Å². The molecular weight excluding hydrogens is 345 g/mol. The lowest BCUT2D eigenvalue weighted by Gasteiger charge is -2.29. The molecule has 0 radical (unpaired) electrons. The minimum Gasteiger partial charge on any atom is -0.337 e. The fourth-order valence-electron chi connectivity index (χ4n) is 2.56. The van der Waals surface area contributed by atoms with Gasteiger partial charge in [0.15, 0.2) is 0 Å². The molecule has 7 heteroatoms. The van der Waals surface area contributed by atoms with Gasteiger partial charge in [-0.2, -0.15) is 0 Å². The van der Waals surface area contributed by atoms with Crippen LogP contribution >= 0.6 is 36.4 Å². The van der Waals surface area contributed by atoms with E-state index in [4.69, 9.17) is 17.3 Å². The number of amides is 1. The SMILES string of the molecule is Cl.Cl.NCCN(Cc1ccc(Cl)cc1)C(=O)C1CCNCC1. The summed E-state index contributed by atoms with van der Waals surface area (Å²) in [5, 5.41) is 4.00. The van der Waals surface area contributed by atoms with Crippen LogP contribution in [0.25, 0.3) is 0 Å². The van der Waals surface area contributed by atoms with Gasteiger partial charge in [0, 0.05) is 30.6 Å². The third-order valence-electron chi connectivity index (χ3n) is 3.69. The van der Waals surface area contributed by atoms with Crippen molar-refractivity contribution < 1.29 is 4.79 Å². The van der Waals surface area contributed by atoms with Crippen LogP contribution in [0.3, 0.4) is 0 Å². The van der Waals surface area contributed by atoms with Crippen molar-refractivity contribution in [3.05, 3.63) is 34.9 Å². The van der Waals surface area contributed by atoms with Crippen LogP contribution in [0.2, 0.25) is 5.02 Å². The lowest BCUT2D eigenvalue weighted by Crippen LogP contribution is -2.42. The highest BCUT2D eigenvalue weighted by atomic mass is 35.5. The zero-order valence-electron chi connectivity index (χ0n) is 12.5. The molecule has 1 heterocycles. The first-order valence-electron chi connectivity index (χ1n) is 7.14. The van der Waals surface area contributed by atoms with Crippen molar-refractivity contribution in [1.29, 1.82) is 0 Å². The number of carbonyl (C=O) groups excluding carboxylic acids is 1. The van der Waals surface area contributed by atoms with E-state index < -0.39 is 0 Å². The van der Waals surface area contributed by atoms with Crippen LogP contribution < -0.4 is 11.1 Å². The first-order valence-corrected chi connectivity index (χ1v) is 7.52. The maximum atomic E-state index is 12.6. The molecule has 3 N–H and O–H groups in total. The fraction of sp³-hybridized carbons (Fsp3) is 0.533. The van der Waals surface area contributed by atoms with Crippen LogP contribution in [0.15, 0.2) is 24.3 Å². The summed E-state index contributed by atoms with van der Waals surface area (Å²) in [6, 6.07) is 7.63. The van der Waals surface area contributed by atoms with Crippen LogP contribution in [0, 0.1) is 5.92 Å². The number of benzene rings is 1. The van der Waals surface area contributed by atoms with Crippen LogP contribution in [0.5, 0.6) is 0 Å². The summed E-state index contributed by atoms with van der Waals surface area (Å²) in [6.45, 7) is 3.55. The summed E-state index contributed by atoms with van der Waals surface area (Å²) in [5.74, 6) is 0.363. The number of carbonyl (C=O) groups is 1. The zero-order valence-corrected chi connectivity index (χ0v) is 14.9. The van der Waals surface area contributed by atoms with Crippen molar-refractivity contribution in [3.8, 4) is 0 Å². The molecule has 1 aliphatic rings. The fourth-order valence-corrected chi connectivity index (χ4v) is 2.69. The Morgan fingerprint density at radius 3 is 2.36 bits per heavy atom. The Labute approximate surface area is 149 Å². The Hall–Kier alpha value is -0.520. The summed E-state index contributed by atoms with van der Waals surface area (Å²) >= 11 is 5.89. The molecule has 1 amide bonds. The third kappa shape index (κ3) is 6.31. The van der Waals surface area contributed by atoms with Gasteiger partial charge in [0.25, 0.3) is 0 Å². The molecule has 22 heavy (non-hydrogen) atoms. The molecule has 0 spiro atoms. The summed E-state index contributed by atoms with van der Waals surface area (Å²) < 4.78 is 0. The lowest BCUT2D eigenvalue weighted by molar-refractivity contribution is -0.136. The van der Waals surface area contributed by atoms with Crippen molar-refractivity contribution in [2.24, 2.45) is 11.7 Å². The van der Waals surface area contributed by atoms with Crippen molar-refractivity contribution in [2.75, 3.05) is 26.2 Å². The predicted octanol–water partition coefficient (Wildman–Crippen LogP) is 2.47. The highest BCUT2D eigenvalue weighted by Gasteiger charge is 2.25. The monoisotopic (exact) mass is 367 g/mol. The molecule has 0 saturated carbocycles. The molecule has 0 aromatic heterocycles. The number of nitrogens with two attached hydrogens (primary N) is 1. The molecule has 0 aliphatic carbocycles. The average Bonchev–Trinajstić information content (AvgIpc) is 2.49. The van der Waals surface area contributed by atoms with Crippen LogP contribution in [0.1, 0.15) is 18.4 Å². The van der Waals surface area contributed by atoms with Crippen LogP contribution in [0.4, 0.5) is 0 Å². The summed E-state index contributed by atoms with van der Waals surface area (Å²) in [7, 11) is 0. The Bertz CT molecular complexity index is 436. The number of nitrogens with zero attached hydrogens (tertiary/aromatic N) is 1. The maximum Gasteiger partial charge on any atom is 0.226 e. The average molecular weight is 369 g/mol. The third-order valence-corrected chi connectivity index (χ3v) is 3.94. The van der Waals surface area contributed by atoms with Crippen LogP contribution in [-0.2, 0) is 11.3 Å². The molecule has 1 aromatic carbocycles. The van der Waals surface area contributed by atoms with E-state index in [0.717, 1.165) is 31.5 Å². The van der Waals surface area contributed by atoms with Crippen molar-refractivity contribution in [3.63, 3.8) is 0 Å². The standard InChI is InChI=1S/C15H22ClN3O.2ClH/c16-14-3-1-12(2-4-14)11-19(10-7-17)15(20)13-5-8-18-9-6-13;;/h1-4,13,18H,5-11,17H2;2*1H. The van der Waals surface area contributed by atoms with E-state index in [1.165, 1.54) is 0 Å². The van der Waals surface area contributed by atoms with Gasteiger partial charge in [-0.3, -0.25) is 4.79 Å². The number of halogens is 3. The number of nitrogens with one attached hydrogen (secondary N) is 1. The van der Waals surface area contributed by atoms with E-state index in [2.05, 4.69) is 5.32 Å². The molecule has 1 saturated heterocycles. The minimum atomic E-state index is 0. The van der Waals surface area contributed by atoms with E-state index in [1.54, 1.807) is 0 Å². The molecule has 4 nitrogen and oxygen atoms in total. The van der Waals surface area contributed by atoms with Gasteiger partial charge in [-0.15, -0.1) is 24.8 Å². The molecule has 1 aromatic rings. The van der Waals surface area contributed by atoms with E-state index in [1.807, 2.05) is 29.2 Å². The molecule has 0 atom stereocenters. The second-order valence-electron chi connectivity index (χ2n) is 5.20. The Balaban J connectivity index is 0.00000220. The van der Waals surface area contributed by atoms with E-state index >= 15 is 0 Å². The summed E-state index contributed by atoms with van der Waals surface area (Å²) in [4.78, 5) is 14.5. The minimum absolute atomic E-state index is 0. The molecule has 1 fully saturated rings. The van der Waals surface area contributed by atoms with Crippen LogP contribution in [-0.4, -0.2) is 37.0 Å². The smallest absolute Gasteiger partial charge is 0.226 e. The highest BCUT2D eigenvalue weighted by molar-refractivity contribution is 6.30. The topological polar surface area (TPSA) is 58.4 Å². The number of hydrogen-bond donors (Lipinski definition) is 2. The van der Waals surface area contributed by atoms with Gasteiger partial charge >= 0.3 is 0 Å². The molecule has 1 aliphatic heterocycles. The maximum absolute atomic E-state index is 12.6. The highest BCUT2D eigenvalue weighted by Crippen LogP contribution is 2.18. The Kier molecular flexibility index (Phi) is 10.8. The molecular formula is C15H24Cl3N3O.